The van der Waals surface area contributed by atoms with Gasteiger partial charge in [-0.05, 0) is 57.6 Å². The molecule has 0 saturated carbocycles. The van der Waals surface area contributed by atoms with Crippen LogP contribution in [0.2, 0.25) is 0 Å². The molecule has 0 fully saturated rings. The molecule has 1 unspecified atom stereocenters. The summed E-state index contributed by atoms with van der Waals surface area (Å²) in [5.74, 6) is 0. The summed E-state index contributed by atoms with van der Waals surface area (Å²) in [6.45, 7) is 2.92. The molecule has 96 valence electrons. The number of halogens is 1. The quantitative estimate of drug-likeness (QED) is 0.914. The third-order valence-corrected chi connectivity index (χ3v) is 4.45. The van der Waals surface area contributed by atoms with Gasteiger partial charge >= 0.3 is 0 Å². The molecule has 0 amide bonds. The van der Waals surface area contributed by atoms with Crippen molar-refractivity contribution < 1.29 is 0 Å². The van der Waals surface area contributed by atoms with E-state index in [-0.39, 0.29) is 6.04 Å². The number of nitrogens with zero attached hydrogens (tertiary/aromatic N) is 1. The molecule has 18 heavy (non-hydrogen) atoms. The SMILES string of the molecule is CC(N)c1ccc(N(C)Cc2csc(Br)c2)cc1. The Labute approximate surface area is 121 Å². The Morgan fingerprint density at radius 3 is 2.50 bits per heavy atom. The minimum atomic E-state index is 0.0946. The molecule has 1 heterocycles. The summed E-state index contributed by atoms with van der Waals surface area (Å²) in [4.78, 5) is 2.24. The maximum atomic E-state index is 5.85. The van der Waals surface area contributed by atoms with Crippen LogP contribution in [0, 0.1) is 0 Å². The molecule has 2 nitrogen and oxygen atoms in total. The Morgan fingerprint density at radius 1 is 1.33 bits per heavy atom. The molecule has 0 saturated heterocycles. The Morgan fingerprint density at radius 2 is 2.00 bits per heavy atom. The molecule has 1 atom stereocenters. The summed E-state index contributed by atoms with van der Waals surface area (Å²) >= 11 is 5.21. The van der Waals surface area contributed by atoms with E-state index < -0.39 is 0 Å². The number of hydrogen-bond acceptors (Lipinski definition) is 3. The van der Waals surface area contributed by atoms with Crippen LogP contribution in [0.1, 0.15) is 24.1 Å². The lowest BCUT2D eigenvalue weighted by atomic mass is 10.1. The molecule has 0 aliphatic carbocycles. The molecule has 1 aromatic heterocycles. The highest BCUT2D eigenvalue weighted by Gasteiger charge is 2.05. The first kappa shape index (κ1) is 13.6. The highest BCUT2D eigenvalue weighted by atomic mass is 79.9. The molecule has 0 radical (unpaired) electrons. The van der Waals surface area contributed by atoms with E-state index in [2.05, 4.69) is 63.6 Å². The second-order valence-corrected chi connectivity index (χ2v) is 6.79. The van der Waals surface area contributed by atoms with Gasteiger partial charge in [-0.3, -0.25) is 0 Å². The number of hydrogen-bond donors (Lipinski definition) is 1. The third-order valence-electron chi connectivity index (χ3n) is 2.90. The fourth-order valence-electron chi connectivity index (χ4n) is 1.83. The fraction of sp³-hybridized carbons (Fsp3) is 0.286. The van der Waals surface area contributed by atoms with E-state index in [9.17, 15) is 0 Å². The molecule has 0 spiro atoms. The fourth-order valence-corrected chi connectivity index (χ4v) is 3.03. The van der Waals surface area contributed by atoms with Gasteiger partial charge in [0.2, 0.25) is 0 Å². The number of anilines is 1. The number of rotatable bonds is 4. The highest BCUT2D eigenvalue weighted by Crippen LogP contribution is 2.24. The lowest BCUT2D eigenvalue weighted by molar-refractivity contribution is 0.817. The molecule has 2 rings (SSSR count). The largest absolute Gasteiger partial charge is 0.370 e. The van der Waals surface area contributed by atoms with Crippen molar-refractivity contribution in [2.75, 3.05) is 11.9 Å². The predicted octanol–water partition coefficient (Wildman–Crippen LogP) is 4.17. The highest BCUT2D eigenvalue weighted by molar-refractivity contribution is 9.11. The van der Waals surface area contributed by atoms with Crippen molar-refractivity contribution in [1.82, 2.24) is 0 Å². The van der Waals surface area contributed by atoms with Gasteiger partial charge in [0.1, 0.15) is 0 Å². The van der Waals surface area contributed by atoms with Crippen LogP contribution in [-0.2, 0) is 6.54 Å². The first-order valence-corrected chi connectivity index (χ1v) is 7.53. The zero-order valence-corrected chi connectivity index (χ0v) is 13.0. The monoisotopic (exact) mass is 324 g/mol. The summed E-state index contributed by atoms with van der Waals surface area (Å²) in [7, 11) is 2.10. The number of nitrogens with two attached hydrogens (primary N) is 1. The van der Waals surface area contributed by atoms with E-state index in [0.29, 0.717) is 0 Å². The summed E-state index contributed by atoms with van der Waals surface area (Å²) in [6, 6.07) is 10.7. The Kier molecular flexibility index (Phi) is 4.43. The molecule has 4 heteroatoms. The van der Waals surface area contributed by atoms with Crippen molar-refractivity contribution in [3.8, 4) is 0 Å². The summed E-state index contributed by atoms with van der Waals surface area (Å²) in [5, 5.41) is 2.18. The van der Waals surface area contributed by atoms with E-state index in [4.69, 9.17) is 5.73 Å². The van der Waals surface area contributed by atoms with Crippen LogP contribution in [-0.4, -0.2) is 7.05 Å². The second kappa shape index (κ2) is 5.87. The molecule has 2 aromatic rings. The Hall–Kier alpha value is -0.840. The molecular formula is C14H17BrN2S. The first-order chi connectivity index (χ1) is 8.56. The third kappa shape index (κ3) is 3.34. The van der Waals surface area contributed by atoms with Crippen LogP contribution in [0.15, 0.2) is 39.5 Å². The van der Waals surface area contributed by atoms with Gasteiger partial charge in [0.05, 0.1) is 3.79 Å². The minimum absolute atomic E-state index is 0.0946. The number of benzene rings is 1. The van der Waals surface area contributed by atoms with E-state index in [1.807, 2.05) is 6.92 Å². The predicted molar refractivity (Wildman–Crippen MR) is 83.2 cm³/mol. The minimum Gasteiger partial charge on any atom is -0.370 e. The standard InChI is InChI=1S/C14H17BrN2S/c1-10(16)12-3-5-13(6-4-12)17(2)8-11-7-14(15)18-9-11/h3-7,9-10H,8,16H2,1-2H3. The lowest BCUT2D eigenvalue weighted by Crippen LogP contribution is -2.16. The normalized spacial score (nSPS) is 12.4. The smallest absolute Gasteiger partial charge is 0.0701 e. The summed E-state index contributed by atoms with van der Waals surface area (Å²) in [5.41, 5.74) is 9.56. The van der Waals surface area contributed by atoms with Crippen molar-refractivity contribution in [3.63, 3.8) is 0 Å². The first-order valence-electron chi connectivity index (χ1n) is 5.86. The number of thiophene rings is 1. The van der Waals surface area contributed by atoms with Gasteiger partial charge in [-0.2, -0.15) is 0 Å². The van der Waals surface area contributed by atoms with Gasteiger partial charge in [0.25, 0.3) is 0 Å². The molecule has 0 aliphatic rings. The average molecular weight is 325 g/mol. The molecule has 0 aliphatic heterocycles. The maximum absolute atomic E-state index is 5.85. The van der Waals surface area contributed by atoms with Crippen LogP contribution in [0.25, 0.3) is 0 Å². The van der Waals surface area contributed by atoms with Crippen LogP contribution in [0.4, 0.5) is 5.69 Å². The van der Waals surface area contributed by atoms with Crippen LogP contribution in [0.5, 0.6) is 0 Å². The van der Waals surface area contributed by atoms with Gasteiger partial charge in [0.15, 0.2) is 0 Å². The van der Waals surface area contributed by atoms with Crippen molar-refractivity contribution >= 4 is 33.0 Å². The summed E-state index contributed by atoms with van der Waals surface area (Å²) < 4.78 is 1.18. The Bertz CT molecular complexity index is 505. The maximum Gasteiger partial charge on any atom is 0.0701 e. The zero-order valence-electron chi connectivity index (χ0n) is 10.6. The van der Waals surface area contributed by atoms with Gasteiger partial charge in [-0.15, -0.1) is 11.3 Å². The van der Waals surface area contributed by atoms with Crippen LogP contribution in [0.3, 0.4) is 0 Å². The van der Waals surface area contributed by atoms with Gasteiger partial charge in [-0.25, -0.2) is 0 Å². The van der Waals surface area contributed by atoms with E-state index in [0.717, 1.165) is 6.54 Å². The van der Waals surface area contributed by atoms with E-state index >= 15 is 0 Å². The molecule has 2 N–H and O–H groups in total. The summed E-state index contributed by atoms with van der Waals surface area (Å²) in [6.07, 6.45) is 0. The molecule has 1 aromatic carbocycles. The van der Waals surface area contributed by atoms with Gasteiger partial charge < -0.3 is 10.6 Å². The lowest BCUT2D eigenvalue weighted by Gasteiger charge is -2.19. The second-order valence-electron chi connectivity index (χ2n) is 4.50. The van der Waals surface area contributed by atoms with Gasteiger partial charge in [0, 0.05) is 25.3 Å². The van der Waals surface area contributed by atoms with Crippen molar-refractivity contribution in [3.05, 3.63) is 50.6 Å². The van der Waals surface area contributed by atoms with Gasteiger partial charge in [-0.1, -0.05) is 12.1 Å². The van der Waals surface area contributed by atoms with E-state index in [1.54, 1.807) is 11.3 Å². The molecule has 0 bridgehead atoms. The van der Waals surface area contributed by atoms with Crippen LogP contribution >= 0.6 is 27.3 Å². The van der Waals surface area contributed by atoms with E-state index in [1.165, 1.54) is 20.6 Å². The zero-order chi connectivity index (χ0) is 13.1. The average Bonchev–Trinajstić information content (AvgIpc) is 2.75. The van der Waals surface area contributed by atoms with Crippen LogP contribution < -0.4 is 10.6 Å². The van der Waals surface area contributed by atoms with Crippen molar-refractivity contribution in [2.45, 2.75) is 19.5 Å². The Balaban J connectivity index is 2.06. The topological polar surface area (TPSA) is 29.3 Å². The van der Waals surface area contributed by atoms with Crippen molar-refractivity contribution in [1.29, 1.82) is 0 Å². The van der Waals surface area contributed by atoms with Crippen molar-refractivity contribution in [2.24, 2.45) is 5.73 Å². The molecular weight excluding hydrogens is 308 g/mol.